The quantitative estimate of drug-likeness (QED) is 0.445. The number of rotatable bonds is 2. The van der Waals surface area contributed by atoms with E-state index in [9.17, 15) is 4.79 Å². The molecule has 0 N–H and O–H groups in total. The molecule has 0 aromatic rings. The highest BCUT2D eigenvalue weighted by molar-refractivity contribution is 5.76. The van der Waals surface area contributed by atoms with Gasteiger partial charge in [0, 0.05) is 6.42 Å². The molecule has 62 valence electrons. The zero-order valence-corrected chi connectivity index (χ0v) is 6.79. The molecular formula is C8H12O3. The second-order valence-corrected chi connectivity index (χ2v) is 2.46. The van der Waals surface area contributed by atoms with Crippen LogP contribution >= 0.6 is 0 Å². The zero-order valence-electron chi connectivity index (χ0n) is 6.79. The number of hydrogen-bond acceptors (Lipinski definition) is 3. The molecule has 1 unspecified atom stereocenters. The highest BCUT2D eigenvalue weighted by atomic mass is 16.6. The molecule has 1 aliphatic heterocycles. The predicted octanol–water partition coefficient (Wildman–Crippen LogP) is 1.24. The van der Waals surface area contributed by atoms with Crippen LogP contribution in [0.15, 0.2) is 11.8 Å². The minimum Gasteiger partial charge on any atom is -0.484 e. The van der Waals surface area contributed by atoms with E-state index in [0.29, 0.717) is 13.0 Å². The number of ether oxygens (including phenoxy) is 2. The summed E-state index contributed by atoms with van der Waals surface area (Å²) >= 11 is 0. The van der Waals surface area contributed by atoms with Crippen molar-refractivity contribution in [3.05, 3.63) is 11.8 Å². The zero-order chi connectivity index (χ0) is 8.27. The molecule has 0 aromatic carbocycles. The summed E-state index contributed by atoms with van der Waals surface area (Å²) in [6.07, 6.45) is 2.13. The lowest BCUT2D eigenvalue weighted by Gasteiger charge is -2.08. The summed E-state index contributed by atoms with van der Waals surface area (Å²) in [6.45, 7) is 4.18. The van der Waals surface area contributed by atoms with Crippen LogP contribution in [-0.4, -0.2) is 18.7 Å². The smallest absolute Gasteiger partial charge is 0.347 e. The Morgan fingerprint density at radius 3 is 3.00 bits per heavy atom. The molecule has 3 nitrogen and oxygen atoms in total. The minimum atomic E-state index is -0.369. The van der Waals surface area contributed by atoms with Gasteiger partial charge < -0.3 is 9.47 Å². The van der Waals surface area contributed by atoms with Gasteiger partial charge in [0.25, 0.3) is 0 Å². The lowest BCUT2D eigenvalue weighted by Crippen LogP contribution is -2.17. The fourth-order valence-corrected chi connectivity index (χ4v) is 0.877. The van der Waals surface area contributed by atoms with Crippen LogP contribution in [-0.2, 0) is 14.3 Å². The number of esters is 1. The first-order chi connectivity index (χ1) is 5.24. The monoisotopic (exact) mass is 156 g/mol. The Morgan fingerprint density at radius 2 is 2.55 bits per heavy atom. The normalized spacial score (nSPS) is 25.1. The van der Waals surface area contributed by atoms with Crippen LogP contribution in [0.2, 0.25) is 0 Å². The average Bonchev–Trinajstić information content (AvgIpc) is 2.37. The Balaban J connectivity index is 2.43. The molecule has 11 heavy (non-hydrogen) atoms. The van der Waals surface area contributed by atoms with Crippen LogP contribution in [0.5, 0.6) is 0 Å². The van der Waals surface area contributed by atoms with Crippen molar-refractivity contribution in [1.29, 1.82) is 0 Å². The van der Waals surface area contributed by atoms with E-state index in [-0.39, 0.29) is 12.1 Å². The number of hydrogen-bond donors (Lipinski definition) is 0. The first-order valence-electron chi connectivity index (χ1n) is 3.70. The van der Waals surface area contributed by atoms with E-state index >= 15 is 0 Å². The Morgan fingerprint density at radius 1 is 1.82 bits per heavy atom. The van der Waals surface area contributed by atoms with Gasteiger partial charge >= 0.3 is 5.97 Å². The van der Waals surface area contributed by atoms with Gasteiger partial charge in [-0.3, -0.25) is 0 Å². The fraction of sp³-hybridized carbons (Fsp3) is 0.625. The van der Waals surface area contributed by atoms with Gasteiger partial charge in [-0.05, 0) is 19.9 Å². The average molecular weight is 156 g/mol. The third-order valence-electron chi connectivity index (χ3n) is 1.62. The molecule has 0 aromatic heterocycles. The standard InChI is InChI=1S/C8H12O3/c1-3-6(2)11-7-4-5-10-8(7)9/h3,7H,4-5H2,1-2H3. The Bertz CT molecular complexity index is 184. The third kappa shape index (κ3) is 1.97. The molecule has 1 heterocycles. The lowest BCUT2D eigenvalue weighted by molar-refractivity contribution is -0.145. The van der Waals surface area contributed by atoms with Crippen molar-refractivity contribution < 1.29 is 14.3 Å². The van der Waals surface area contributed by atoms with Gasteiger partial charge in [0.1, 0.15) is 0 Å². The van der Waals surface area contributed by atoms with Crippen molar-refractivity contribution in [3.63, 3.8) is 0 Å². The SMILES string of the molecule is CC=C(C)OC1CCOC1=O. The number of allylic oxidation sites excluding steroid dienone is 2. The molecule has 1 atom stereocenters. The van der Waals surface area contributed by atoms with Crippen LogP contribution in [0.25, 0.3) is 0 Å². The second kappa shape index (κ2) is 3.42. The molecule has 0 spiro atoms. The second-order valence-electron chi connectivity index (χ2n) is 2.46. The summed E-state index contributed by atoms with van der Waals surface area (Å²) < 4.78 is 9.98. The maximum atomic E-state index is 10.9. The van der Waals surface area contributed by atoms with Gasteiger partial charge in [-0.1, -0.05) is 0 Å². The molecule has 0 amide bonds. The highest BCUT2D eigenvalue weighted by Gasteiger charge is 2.27. The Labute approximate surface area is 66.0 Å². The van der Waals surface area contributed by atoms with Crippen LogP contribution in [0.4, 0.5) is 0 Å². The van der Waals surface area contributed by atoms with E-state index in [0.717, 1.165) is 5.76 Å². The third-order valence-corrected chi connectivity index (χ3v) is 1.62. The van der Waals surface area contributed by atoms with Crippen molar-refractivity contribution in [2.24, 2.45) is 0 Å². The highest BCUT2D eigenvalue weighted by Crippen LogP contribution is 2.13. The van der Waals surface area contributed by atoms with Crippen LogP contribution in [0.3, 0.4) is 0 Å². The summed E-state index contributed by atoms with van der Waals surface area (Å²) in [5.41, 5.74) is 0. The summed E-state index contributed by atoms with van der Waals surface area (Å²) in [5, 5.41) is 0. The number of cyclic esters (lactones) is 1. The van der Waals surface area contributed by atoms with E-state index in [2.05, 4.69) is 0 Å². The van der Waals surface area contributed by atoms with Crippen LogP contribution in [0, 0.1) is 0 Å². The number of carbonyl (C=O) groups is 1. The first-order valence-corrected chi connectivity index (χ1v) is 3.70. The van der Waals surface area contributed by atoms with Crippen molar-refractivity contribution in [2.45, 2.75) is 26.4 Å². The van der Waals surface area contributed by atoms with E-state index in [1.807, 2.05) is 19.9 Å². The molecule has 3 heteroatoms. The van der Waals surface area contributed by atoms with Crippen molar-refractivity contribution in [3.8, 4) is 0 Å². The van der Waals surface area contributed by atoms with Crippen LogP contribution in [0.1, 0.15) is 20.3 Å². The van der Waals surface area contributed by atoms with Crippen molar-refractivity contribution in [1.82, 2.24) is 0 Å². The van der Waals surface area contributed by atoms with Gasteiger partial charge in [-0.2, -0.15) is 0 Å². The van der Waals surface area contributed by atoms with Gasteiger partial charge in [-0.15, -0.1) is 0 Å². The maximum Gasteiger partial charge on any atom is 0.347 e. The molecule has 0 bridgehead atoms. The molecule has 1 aliphatic rings. The molecule has 1 saturated heterocycles. The van der Waals surface area contributed by atoms with Gasteiger partial charge in [0.2, 0.25) is 0 Å². The van der Waals surface area contributed by atoms with E-state index in [1.54, 1.807) is 0 Å². The molecular weight excluding hydrogens is 144 g/mol. The van der Waals surface area contributed by atoms with Gasteiger partial charge in [0.05, 0.1) is 12.4 Å². The molecule has 0 radical (unpaired) electrons. The van der Waals surface area contributed by atoms with E-state index < -0.39 is 0 Å². The maximum absolute atomic E-state index is 10.9. The summed E-state index contributed by atoms with van der Waals surface area (Å²) in [4.78, 5) is 10.9. The molecule has 0 saturated carbocycles. The van der Waals surface area contributed by atoms with Crippen LogP contribution < -0.4 is 0 Å². The van der Waals surface area contributed by atoms with Gasteiger partial charge in [0.15, 0.2) is 6.10 Å². The molecule has 0 aliphatic carbocycles. The Kier molecular flexibility index (Phi) is 2.52. The topological polar surface area (TPSA) is 35.5 Å². The first kappa shape index (κ1) is 8.11. The summed E-state index contributed by atoms with van der Waals surface area (Å²) in [6, 6.07) is 0. The van der Waals surface area contributed by atoms with E-state index in [1.165, 1.54) is 0 Å². The Hall–Kier alpha value is -0.990. The molecule has 1 rings (SSSR count). The predicted molar refractivity (Wildman–Crippen MR) is 39.9 cm³/mol. The van der Waals surface area contributed by atoms with E-state index in [4.69, 9.17) is 9.47 Å². The summed E-state index contributed by atoms with van der Waals surface area (Å²) in [7, 11) is 0. The van der Waals surface area contributed by atoms with Crippen molar-refractivity contribution in [2.75, 3.05) is 6.61 Å². The van der Waals surface area contributed by atoms with Crippen molar-refractivity contribution >= 4 is 5.97 Å². The lowest BCUT2D eigenvalue weighted by atomic mass is 10.3. The largest absolute Gasteiger partial charge is 0.484 e. The fourth-order valence-electron chi connectivity index (χ4n) is 0.877. The summed E-state index contributed by atoms with van der Waals surface area (Å²) in [5.74, 6) is 0.528. The van der Waals surface area contributed by atoms with Gasteiger partial charge in [-0.25, -0.2) is 4.79 Å². The molecule has 1 fully saturated rings. The minimum absolute atomic E-state index is 0.244. The number of carbonyl (C=O) groups excluding carboxylic acids is 1.